The fourth-order valence-corrected chi connectivity index (χ4v) is 8.48. The van der Waals surface area contributed by atoms with E-state index >= 15 is 0 Å². The number of nitrogens with zero attached hydrogens (tertiary/aromatic N) is 1. The molecule has 7 aromatic carbocycles. The normalized spacial score (nSPS) is 16.3. The Balaban J connectivity index is 1.32. The van der Waals surface area contributed by atoms with Gasteiger partial charge < -0.3 is 4.90 Å². The van der Waals surface area contributed by atoms with Crippen LogP contribution in [-0.2, 0) is 0 Å². The van der Waals surface area contributed by atoms with Crippen LogP contribution < -0.4 is 4.90 Å². The molecule has 0 spiro atoms. The van der Waals surface area contributed by atoms with Crippen LogP contribution in [0.5, 0.6) is 0 Å². The van der Waals surface area contributed by atoms with Crippen molar-refractivity contribution in [3.8, 4) is 44.5 Å². The molecule has 47 heavy (non-hydrogen) atoms. The lowest BCUT2D eigenvalue weighted by atomic mass is 9.73. The second-order valence-corrected chi connectivity index (χ2v) is 12.8. The Labute approximate surface area is 275 Å². The zero-order valence-electron chi connectivity index (χ0n) is 25.8. The van der Waals surface area contributed by atoms with Gasteiger partial charge in [-0.2, -0.15) is 0 Å². The zero-order valence-corrected chi connectivity index (χ0v) is 25.8. The summed E-state index contributed by atoms with van der Waals surface area (Å²) in [5.41, 5.74) is 16.8. The topological polar surface area (TPSA) is 3.24 Å². The van der Waals surface area contributed by atoms with Crippen molar-refractivity contribution in [1.82, 2.24) is 0 Å². The third-order valence-corrected chi connectivity index (χ3v) is 10.4. The molecule has 1 nitrogen and oxygen atoms in total. The smallest absolute Gasteiger partial charge is 0.0546 e. The van der Waals surface area contributed by atoms with Gasteiger partial charge in [-0.3, -0.25) is 0 Å². The van der Waals surface area contributed by atoms with E-state index < -0.39 is 0 Å². The Kier molecular flexibility index (Phi) is 5.77. The Hall–Kier alpha value is -5.92. The molecule has 10 rings (SSSR count). The minimum atomic E-state index is 0.284. The fraction of sp³-hybridized carbons (Fsp3) is 0.0435. The van der Waals surface area contributed by atoms with Crippen LogP contribution in [0.25, 0.3) is 55.3 Å². The molecule has 0 N–H and O–H groups in total. The van der Waals surface area contributed by atoms with Crippen molar-refractivity contribution in [2.75, 3.05) is 4.90 Å². The maximum atomic E-state index is 2.50. The molecule has 2 unspecified atom stereocenters. The predicted octanol–water partition coefficient (Wildman–Crippen LogP) is 12.6. The predicted molar refractivity (Wildman–Crippen MR) is 198 cm³/mol. The van der Waals surface area contributed by atoms with Crippen molar-refractivity contribution in [3.63, 3.8) is 0 Å². The molecule has 0 heterocycles. The van der Waals surface area contributed by atoms with Crippen molar-refractivity contribution in [2.45, 2.75) is 11.8 Å². The number of rotatable bonds is 4. The summed E-state index contributed by atoms with van der Waals surface area (Å²) in [6, 6.07) is 56.0. The van der Waals surface area contributed by atoms with Crippen LogP contribution >= 0.6 is 0 Å². The van der Waals surface area contributed by atoms with Gasteiger partial charge in [0.15, 0.2) is 0 Å². The van der Waals surface area contributed by atoms with Gasteiger partial charge >= 0.3 is 0 Å². The van der Waals surface area contributed by atoms with E-state index in [1.54, 1.807) is 0 Å². The number of fused-ring (bicyclic) bond motifs is 5. The van der Waals surface area contributed by atoms with Crippen molar-refractivity contribution in [2.24, 2.45) is 0 Å². The summed E-state index contributed by atoms with van der Waals surface area (Å²) >= 11 is 0. The standard InChI is InChI=1S/C46H31N/c1-2-16-31(17-3-1)47(42-28-9-8-20-35(42)33-22-10-15-30-14-4-5-18-32(30)33)43-29-13-27-41-39-25-12-24-38-40-26-11-23-37(45(40)46(41)43)34-19-6-7-21-36(34)44(38)39/h1-29,34,36H. The second-order valence-electron chi connectivity index (χ2n) is 12.8. The van der Waals surface area contributed by atoms with E-state index in [-0.39, 0.29) is 5.92 Å². The number of benzene rings is 7. The highest BCUT2D eigenvalue weighted by atomic mass is 15.1. The first-order chi connectivity index (χ1) is 23.4. The van der Waals surface area contributed by atoms with Crippen LogP contribution in [0.2, 0.25) is 0 Å². The molecule has 6 bridgehead atoms. The third-order valence-electron chi connectivity index (χ3n) is 10.4. The lowest BCUT2D eigenvalue weighted by Gasteiger charge is -2.34. The summed E-state index contributed by atoms with van der Waals surface area (Å²) < 4.78 is 0. The molecule has 0 fully saturated rings. The molecule has 2 atom stereocenters. The van der Waals surface area contributed by atoms with Crippen LogP contribution in [-0.4, -0.2) is 0 Å². The van der Waals surface area contributed by atoms with E-state index in [4.69, 9.17) is 0 Å². The zero-order chi connectivity index (χ0) is 30.9. The molecule has 7 aromatic rings. The number of allylic oxidation sites excluding steroid dienone is 4. The summed E-state index contributed by atoms with van der Waals surface area (Å²) in [6.45, 7) is 0. The van der Waals surface area contributed by atoms with Crippen molar-refractivity contribution >= 4 is 27.8 Å². The number of hydrogen-bond donors (Lipinski definition) is 0. The number of anilines is 3. The maximum Gasteiger partial charge on any atom is 0.0546 e. The van der Waals surface area contributed by atoms with Gasteiger partial charge in [0, 0.05) is 28.7 Å². The highest BCUT2D eigenvalue weighted by molar-refractivity contribution is 6.09. The Bertz CT molecular complexity index is 2420. The lowest BCUT2D eigenvalue weighted by Crippen LogP contribution is -2.15. The average Bonchev–Trinajstić information content (AvgIpc) is 3.25. The molecule has 1 heteroatoms. The van der Waals surface area contributed by atoms with Gasteiger partial charge in [-0.25, -0.2) is 0 Å². The Morgan fingerprint density at radius 3 is 1.83 bits per heavy atom. The number of hydrogen-bond acceptors (Lipinski definition) is 1. The molecule has 0 saturated heterocycles. The highest BCUT2D eigenvalue weighted by Gasteiger charge is 2.38. The molecule has 3 aliphatic carbocycles. The summed E-state index contributed by atoms with van der Waals surface area (Å²) in [4.78, 5) is 2.50. The average molecular weight is 598 g/mol. The minimum absolute atomic E-state index is 0.284. The van der Waals surface area contributed by atoms with Crippen LogP contribution in [0.15, 0.2) is 176 Å². The van der Waals surface area contributed by atoms with Gasteiger partial charge in [-0.1, -0.05) is 152 Å². The molecule has 0 amide bonds. The minimum Gasteiger partial charge on any atom is -0.309 e. The van der Waals surface area contributed by atoms with Gasteiger partial charge in [-0.15, -0.1) is 0 Å². The number of para-hydroxylation sites is 2. The van der Waals surface area contributed by atoms with Crippen molar-refractivity contribution in [1.29, 1.82) is 0 Å². The largest absolute Gasteiger partial charge is 0.309 e. The summed E-state index contributed by atoms with van der Waals surface area (Å²) in [7, 11) is 0. The van der Waals surface area contributed by atoms with Gasteiger partial charge in [0.05, 0.1) is 11.4 Å². The van der Waals surface area contributed by atoms with E-state index in [1.807, 2.05) is 0 Å². The van der Waals surface area contributed by atoms with Crippen LogP contribution in [0.1, 0.15) is 23.0 Å². The SMILES string of the molecule is C1=CC2c3cccc4c3-c3c(cccc3N(c3ccccc3)c3ccccc3-c3cccc5ccccc35)-c3cccc-4c3C2C=C1. The highest BCUT2D eigenvalue weighted by Crippen LogP contribution is 2.60. The van der Waals surface area contributed by atoms with E-state index in [9.17, 15) is 0 Å². The molecule has 0 aliphatic heterocycles. The second kappa shape index (κ2) is 10.3. The summed E-state index contributed by atoms with van der Waals surface area (Å²) in [5.74, 6) is 0.589. The first kappa shape index (κ1) is 26.3. The van der Waals surface area contributed by atoms with Crippen LogP contribution in [0.3, 0.4) is 0 Å². The van der Waals surface area contributed by atoms with E-state index in [1.165, 1.54) is 72.1 Å². The monoisotopic (exact) mass is 597 g/mol. The molecular formula is C46H31N. The molecule has 0 saturated carbocycles. The molecular weight excluding hydrogens is 567 g/mol. The molecule has 220 valence electrons. The first-order valence-corrected chi connectivity index (χ1v) is 16.5. The van der Waals surface area contributed by atoms with Crippen molar-refractivity contribution < 1.29 is 0 Å². The summed E-state index contributed by atoms with van der Waals surface area (Å²) in [6.07, 6.45) is 9.29. The van der Waals surface area contributed by atoms with Gasteiger partial charge in [0.1, 0.15) is 0 Å². The van der Waals surface area contributed by atoms with Gasteiger partial charge in [-0.05, 0) is 79.5 Å². The molecule has 0 radical (unpaired) electrons. The van der Waals surface area contributed by atoms with E-state index in [2.05, 4.69) is 181 Å². The first-order valence-electron chi connectivity index (χ1n) is 16.5. The van der Waals surface area contributed by atoms with E-state index in [0.717, 1.165) is 11.4 Å². The lowest BCUT2D eigenvalue weighted by molar-refractivity contribution is 0.737. The quantitative estimate of drug-likeness (QED) is 0.195. The van der Waals surface area contributed by atoms with Crippen LogP contribution in [0.4, 0.5) is 17.1 Å². The van der Waals surface area contributed by atoms with Crippen molar-refractivity contribution in [3.05, 3.63) is 187 Å². The third kappa shape index (κ3) is 3.84. The van der Waals surface area contributed by atoms with E-state index in [0.29, 0.717) is 5.92 Å². The van der Waals surface area contributed by atoms with Crippen LogP contribution in [0, 0.1) is 0 Å². The molecule has 0 aromatic heterocycles. The van der Waals surface area contributed by atoms with Gasteiger partial charge in [0.2, 0.25) is 0 Å². The Morgan fingerprint density at radius 1 is 0.383 bits per heavy atom. The molecule has 3 aliphatic rings. The van der Waals surface area contributed by atoms with Gasteiger partial charge in [0.25, 0.3) is 0 Å². The Morgan fingerprint density at radius 2 is 0.957 bits per heavy atom. The maximum absolute atomic E-state index is 2.50. The fourth-order valence-electron chi connectivity index (χ4n) is 8.48. The summed E-state index contributed by atoms with van der Waals surface area (Å²) in [5, 5.41) is 2.50.